The van der Waals surface area contributed by atoms with Gasteiger partial charge in [-0.2, -0.15) is 5.10 Å². The fraction of sp³-hybridized carbons (Fsp3) is 0.111. The first kappa shape index (κ1) is 13.4. The lowest BCUT2D eigenvalue weighted by Crippen LogP contribution is -2.25. The number of benzene rings is 1. The van der Waals surface area contributed by atoms with Gasteiger partial charge in [0, 0.05) is 0 Å². The molecule has 0 aliphatic carbocycles. The van der Waals surface area contributed by atoms with E-state index in [4.69, 9.17) is 5.73 Å². The molecule has 0 atom stereocenters. The number of hydrogen-bond acceptors (Lipinski definition) is 5. The van der Waals surface area contributed by atoms with E-state index in [0.717, 1.165) is 12.1 Å². The van der Waals surface area contributed by atoms with Crippen LogP contribution in [0.15, 0.2) is 23.4 Å². The van der Waals surface area contributed by atoms with E-state index in [1.54, 1.807) is 0 Å². The van der Waals surface area contributed by atoms with Crippen molar-refractivity contribution in [3.8, 4) is 0 Å². The van der Waals surface area contributed by atoms with Crippen LogP contribution in [0.2, 0.25) is 0 Å². The van der Waals surface area contributed by atoms with Crippen molar-refractivity contribution in [1.29, 1.82) is 0 Å². The highest BCUT2D eigenvalue weighted by Gasteiger charge is 2.22. The number of aromatic nitrogens is 3. The van der Waals surface area contributed by atoms with Crippen LogP contribution in [0.4, 0.5) is 14.5 Å². The van der Waals surface area contributed by atoms with Gasteiger partial charge >= 0.3 is 0 Å². The van der Waals surface area contributed by atoms with Gasteiger partial charge in [-0.3, -0.25) is 5.10 Å². The molecule has 4 N–H and O–H groups in total. The van der Waals surface area contributed by atoms with Gasteiger partial charge < -0.3 is 5.73 Å². The third-order valence-electron chi connectivity index (χ3n) is 2.28. The molecule has 7 nitrogen and oxygen atoms in total. The molecule has 0 aliphatic heterocycles. The van der Waals surface area contributed by atoms with Crippen molar-refractivity contribution in [1.82, 2.24) is 19.9 Å². The van der Waals surface area contributed by atoms with Gasteiger partial charge in [0.25, 0.3) is 0 Å². The minimum Gasteiger partial charge on any atom is -0.394 e. The first-order valence-corrected chi connectivity index (χ1v) is 6.47. The molecule has 0 bridgehead atoms. The highest BCUT2D eigenvalue weighted by atomic mass is 32.2. The number of rotatable bonds is 4. The van der Waals surface area contributed by atoms with Crippen LogP contribution in [0.1, 0.15) is 5.82 Å². The minimum absolute atomic E-state index is 0.209. The molecule has 0 unspecified atom stereocenters. The molecule has 0 amide bonds. The van der Waals surface area contributed by atoms with Crippen molar-refractivity contribution in [2.75, 3.05) is 5.73 Å². The quantitative estimate of drug-likeness (QED) is 0.693. The summed E-state index contributed by atoms with van der Waals surface area (Å²) in [5, 5.41) is 5.95. The summed E-state index contributed by atoms with van der Waals surface area (Å²) in [5.74, 6) is -2.10. The van der Waals surface area contributed by atoms with E-state index in [1.165, 1.54) is 6.33 Å². The number of nitrogens with two attached hydrogens (primary N) is 1. The topological polar surface area (TPSA) is 114 Å². The molecule has 2 rings (SSSR count). The number of anilines is 1. The molecule has 19 heavy (non-hydrogen) atoms. The van der Waals surface area contributed by atoms with Crippen molar-refractivity contribution in [3.05, 3.63) is 35.9 Å². The Morgan fingerprint density at radius 1 is 1.37 bits per heavy atom. The fourth-order valence-electron chi connectivity index (χ4n) is 1.31. The molecule has 1 heterocycles. The molecule has 0 saturated heterocycles. The zero-order valence-electron chi connectivity index (χ0n) is 9.39. The summed E-state index contributed by atoms with van der Waals surface area (Å²) in [6.07, 6.45) is 1.19. The highest BCUT2D eigenvalue weighted by Crippen LogP contribution is 2.22. The largest absolute Gasteiger partial charge is 0.394 e. The van der Waals surface area contributed by atoms with Crippen molar-refractivity contribution < 1.29 is 17.2 Å². The molecule has 0 aliphatic rings. The van der Waals surface area contributed by atoms with Crippen LogP contribution in [0.3, 0.4) is 0 Å². The number of aromatic amines is 1. The smallest absolute Gasteiger partial charge is 0.243 e. The Labute approximate surface area is 106 Å². The standard InChI is InChI=1S/C9H9F2N5O2S/c10-5-1-2-6(8(11)9(5)12)19(17,18)15-3-7-13-4-14-16-7/h1-2,4,15H,3,12H2,(H,13,14,16). The Hall–Kier alpha value is -2.07. The van der Waals surface area contributed by atoms with Crippen LogP contribution in [-0.4, -0.2) is 23.6 Å². The van der Waals surface area contributed by atoms with Crippen LogP contribution in [0.25, 0.3) is 0 Å². The Morgan fingerprint density at radius 3 is 2.74 bits per heavy atom. The fourth-order valence-corrected chi connectivity index (χ4v) is 2.39. The number of nitrogen functional groups attached to an aromatic ring is 1. The maximum atomic E-state index is 13.6. The van der Waals surface area contributed by atoms with Crippen LogP contribution in [0, 0.1) is 11.6 Å². The van der Waals surface area contributed by atoms with Gasteiger partial charge in [0.15, 0.2) is 5.82 Å². The number of sulfonamides is 1. The number of H-pyrrole nitrogens is 1. The number of nitrogens with one attached hydrogen (secondary N) is 2. The average Bonchev–Trinajstić information content (AvgIpc) is 2.86. The van der Waals surface area contributed by atoms with Gasteiger partial charge in [-0.15, -0.1) is 0 Å². The second kappa shape index (κ2) is 4.90. The van der Waals surface area contributed by atoms with E-state index in [0.29, 0.717) is 0 Å². The second-order valence-corrected chi connectivity index (χ2v) is 5.27. The molecular formula is C9H9F2N5O2S. The first-order valence-electron chi connectivity index (χ1n) is 4.99. The predicted octanol–water partition coefficient (Wildman–Crippen LogP) is 0.144. The maximum Gasteiger partial charge on any atom is 0.243 e. The van der Waals surface area contributed by atoms with Gasteiger partial charge in [-0.25, -0.2) is 26.9 Å². The van der Waals surface area contributed by atoms with E-state index in [1.807, 2.05) is 0 Å². The summed E-state index contributed by atoms with van der Waals surface area (Å²) in [6, 6.07) is 1.57. The SMILES string of the molecule is Nc1c(F)ccc(S(=O)(=O)NCc2ncn[nH]2)c1F. The number of halogens is 2. The van der Waals surface area contributed by atoms with Gasteiger partial charge in [-0.1, -0.05) is 0 Å². The molecule has 0 radical (unpaired) electrons. The normalized spacial score (nSPS) is 11.7. The number of hydrogen-bond donors (Lipinski definition) is 3. The minimum atomic E-state index is -4.17. The van der Waals surface area contributed by atoms with Crippen LogP contribution in [0.5, 0.6) is 0 Å². The van der Waals surface area contributed by atoms with Crippen LogP contribution in [-0.2, 0) is 16.6 Å². The third-order valence-corrected chi connectivity index (χ3v) is 3.69. The predicted molar refractivity (Wildman–Crippen MR) is 61.2 cm³/mol. The maximum absolute atomic E-state index is 13.6. The van der Waals surface area contributed by atoms with Crippen LogP contribution >= 0.6 is 0 Å². The Balaban J connectivity index is 2.27. The van der Waals surface area contributed by atoms with Gasteiger partial charge in [0.1, 0.15) is 28.6 Å². The van der Waals surface area contributed by atoms with Crippen molar-refractivity contribution in [3.63, 3.8) is 0 Å². The molecule has 102 valence electrons. The average molecular weight is 289 g/mol. The zero-order valence-corrected chi connectivity index (χ0v) is 10.2. The molecule has 2 aromatic rings. The lowest BCUT2D eigenvalue weighted by atomic mass is 10.3. The Kier molecular flexibility index (Phi) is 3.44. The molecule has 1 aromatic carbocycles. The molecular weight excluding hydrogens is 280 g/mol. The molecule has 10 heteroatoms. The molecule has 0 spiro atoms. The lowest BCUT2D eigenvalue weighted by molar-refractivity contribution is 0.547. The second-order valence-electron chi connectivity index (χ2n) is 3.53. The van der Waals surface area contributed by atoms with E-state index >= 15 is 0 Å². The number of nitrogens with zero attached hydrogens (tertiary/aromatic N) is 2. The van der Waals surface area contributed by atoms with E-state index < -0.39 is 32.2 Å². The van der Waals surface area contributed by atoms with Crippen LogP contribution < -0.4 is 10.5 Å². The van der Waals surface area contributed by atoms with Gasteiger partial charge in [0.2, 0.25) is 10.0 Å². The third kappa shape index (κ3) is 2.69. The molecule has 1 aromatic heterocycles. The van der Waals surface area contributed by atoms with Gasteiger partial charge in [0.05, 0.1) is 6.54 Å². The summed E-state index contributed by atoms with van der Waals surface area (Å²) < 4.78 is 52.3. The summed E-state index contributed by atoms with van der Waals surface area (Å²) in [6.45, 7) is -0.209. The Bertz CT molecular complexity index is 687. The first-order chi connectivity index (χ1) is 8.92. The van der Waals surface area contributed by atoms with Gasteiger partial charge in [-0.05, 0) is 12.1 Å². The summed E-state index contributed by atoms with van der Waals surface area (Å²) >= 11 is 0. The van der Waals surface area contributed by atoms with E-state index in [2.05, 4.69) is 19.9 Å². The summed E-state index contributed by atoms with van der Waals surface area (Å²) in [7, 11) is -4.17. The summed E-state index contributed by atoms with van der Waals surface area (Å²) in [5.41, 5.74) is 4.25. The molecule has 0 fully saturated rings. The van der Waals surface area contributed by atoms with E-state index in [9.17, 15) is 17.2 Å². The van der Waals surface area contributed by atoms with Crippen molar-refractivity contribution in [2.45, 2.75) is 11.4 Å². The van der Waals surface area contributed by atoms with Crippen molar-refractivity contribution in [2.24, 2.45) is 0 Å². The highest BCUT2D eigenvalue weighted by molar-refractivity contribution is 7.89. The Morgan fingerprint density at radius 2 is 2.11 bits per heavy atom. The monoisotopic (exact) mass is 289 g/mol. The summed E-state index contributed by atoms with van der Waals surface area (Å²) in [4.78, 5) is 2.96. The van der Waals surface area contributed by atoms with E-state index in [-0.39, 0.29) is 12.4 Å². The lowest BCUT2D eigenvalue weighted by Gasteiger charge is -2.08. The molecule has 0 saturated carbocycles. The zero-order chi connectivity index (χ0) is 14.0. The van der Waals surface area contributed by atoms with Crippen molar-refractivity contribution >= 4 is 15.7 Å².